The monoisotopic (exact) mass is 566 g/mol. The third-order valence-electron chi connectivity index (χ3n) is 9.84. The van der Waals surface area contributed by atoms with Crippen LogP contribution in [0.15, 0.2) is 84.9 Å². The quantitative estimate of drug-likeness (QED) is 0.314. The Morgan fingerprint density at radius 1 is 0.952 bits per heavy atom. The maximum Gasteiger partial charge on any atom is 0.313 e. The first-order valence-corrected chi connectivity index (χ1v) is 14.4. The molecule has 3 aromatic carbocycles. The molecular formula is C34H38N4O4. The van der Waals surface area contributed by atoms with Gasteiger partial charge in [0.2, 0.25) is 0 Å². The van der Waals surface area contributed by atoms with Crippen LogP contribution in [0.2, 0.25) is 0 Å². The number of hydrogen-bond acceptors (Lipinski definition) is 6. The van der Waals surface area contributed by atoms with Gasteiger partial charge in [-0.2, -0.15) is 5.26 Å². The first-order valence-electron chi connectivity index (χ1n) is 14.4. The molecule has 8 heteroatoms. The van der Waals surface area contributed by atoms with Gasteiger partial charge in [-0.25, -0.2) is 0 Å². The smallest absolute Gasteiger partial charge is 0.313 e. The average molecular weight is 567 g/mol. The lowest BCUT2D eigenvalue weighted by molar-refractivity contribution is -0.193. The van der Waals surface area contributed by atoms with E-state index < -0.39 is 52.7 Å². The van der Waals surface area contributed by atoms with Gasteiger partial charge in [0.25, 0.3) is 0 Å². The van der Waals surface area contributed by atoms with Crippen LogP contribution in [0.4, 0.5) is 0 Å². The summed E-state index contributed by atoms with van der Waals surface area (Å²) in [6.45, 7) is 6.24. The molecule has 0 spiro atoms. The maximum atomic E-state index is 13.7. The molecule has 218 valence electrons. The summed E-state index contributed by atoms with van der Waals surface area (Å²) in [5.41, 5.74) is 6.66. The molecule has 5 N–H and O–H groups in total. The van der Waals surface area contributed by atoms with Crippen molar-refractivity contribution in [2.24, 2.45) is 28.4 Å². The maximum absolute atomic E-state index is 13.7. The Morgan fingerprint density at radius 3 is 2.00 bits per heavy atom. The van der Waals surface area contributed by atoms with Crippen molar-refractivity contribution in [1.29, 1.82) is 5.26 Å². The molecule has 0 aliphatic carbocycles. The van der Waals surface area contributed by atoms with Crippen molar-refractivity contribution in [3.63, 3.8) is 0 Å². The predicted octanol–water partition coefficient (Wildman–Crippen LogP) is 4.44. The van der Waals surface area contributed by atoms with Gasteiger partial charge in [0, 0.05) is 31.0 Å². The van der Waals surface area contributed by atoms with E-state index in [9.17, 15) is 25.1 Å². The van der Waals surface area contributed by atoms with Crippen molar-refractivity contribution < 1.29 is 19.8 Å². The molecule has 2 aliphatic rings. The zero-order chi connectivity index (χ0) is 30.2. The molecule has 0 saturated carbocycles. The topological polar surface area (TPSA) is 140 Å². The van der Waals surface area contributed by atoms with Gasteiger partial charge >= 0.3 is 11.9 Å². The molecule has 8 nitrogen and oxygen atoms in total. The van der Waals surface area contributed by atoms with Crippen LogP contribution < -0.4 is 11.1 Å². The number of hydrogen-bond donors (Lipinski definition) is 4. The number of carboxylic acid groups (broad SMARTS) is 2. The minimum atomic E-state index is -1.67. The van der Waals surface area contributed by atoms with Gasteiger partial charge in [-0.3, -0.25) is 19.8 Å². The average Bonchev–Trinajstić information content (AvgIpc) is 2.95. The number of nitrogens with zero attached hydrogens (tertiary/aromatic N) is 2. The third-order valence-corrected chi connectivity index (χ3v) is 9.84. The normalized spacial score (nSPS) is 28.3. The lowest BCUT2D eigenvalue weighted by Crippen LogP contribution is -2.78. The number of aliphatic carboxylic acids is 2. The highest BCUT2D eigenvalue weighted by Crippen LogP contribution is 2.62. The van der Waals surface area contributed by atoms with Crippen molar-refractivity contribution in [3.05, 3.63) is 107 Å². The van der Waals surface area contributed by atoms with E-state index in [1.54, 1.807) is 31.2 Å². The standard InChI is InChI=1S/C34H38N4O4/c1-21(2)33(31(39)40)22(3)37-30(36)34(32(41)42,29(33)26-16-10-11-23(17-26)18-35)27-19-38(20-27)28(24-12-6-4-7-13-24)25-14-8-5-9-15-25/h4-17,21-22,27-30,37H,19-20,36H2,1-3H3,(H,39,40)(H,41,42). The molecule has 5 unspecified atom stereocenters. The number of carboxylic acids is 2. The molecule has 2 aliphatic heterocycles. The number of carbonyl (C=O) groups is 2. The van der Waals surface area contributed by atoms with E-state index in [0.29, 0.717) is 24.2 Å². The van der Waals surface area contributed by atoms with Crippen molar-refractivity contribution in [3.8, 4) is 6.07 Å². The highest BCUT2D eigenvalue weighted by atomic mass is 16.4. The van der Waals surface area contributed by atoms with E-state index in [0.717, 1.165) is 11.1 Å². The number of piperidine rings is 1. The van der Waals surface area contributed by atoms with Crippen LogP contribution in [0.25, 0.3) is 0 Å². The van der Waals surface area contributed by atoms with Gasteiger partial charge < -0.3 is 15.9 Å². The SMILES string of the molecule is CC(C)C1(C(=O)O)C(C)NC(N)C(C(=O)O)(C2CN(C(c3ccccc3)c3ccccc3)C2)C1c1cccc(C#N)c1. The second kappa shape index (κ2) is 11.3. The van der Waals surface area contributed by atoms with E-state index in [1.165, 1.54) is 0 Å². The Balaban J connectivity index is 1.66. The Labute approximate surface area is 246 Å². The fraction of sp³-hybridized carbons (Fsp3) is 0.382. The Bertz CT molecular complexity index is 1440. The number of nitrogens with two attached hydrogens (primary N) is 1. The van der Waals surface area contributed by atoms with Crippen LogP contribution in [0.1, 0.15) is 55.0 Å². The zero-order valence-corrected chi connectivity index (χ0v) is 24.1. The van der Waals surface area contributed by atoms with Crippen molar-refractivity contribution >= 4 is 11.9 Å². The van der Waals surface area contributed by atoms with Crippen molar-refractivity contribution in [1.82, 2.24) is 10.2 Å². The summed E-state index contributed by atoms with van der Waals surface area (Å²) in [6, 6.07) is 28.3. The molecule has 0 bridgehead atoms. The first kappa shape index (κ1) is 29.5. The third kappa shape index (κ3) is 4.40. The van der Waals surface area contributed by atoms with Gasteiger partial charge in [0.1, 0.15) is 5.41 Å². The Hall–Kier alpha value is -4.03. The highest BCUT2D eigenvalue weighted by molar-refractivity contribution is 5.85. The largest absolute Gasteiger partial charge is 0.481 e. The summed E-state index contributed by atoms with van der Waals surface area (Å²) >= 11 is 0. The van der Waals surface area contributed by atoms with Crippen molar-refractivity contribution in [2.45, 2.75) is 44.9 Å². The first-order chi connectivity index (χ1) is 20.1. The fourth-order valence-corrected chi connectivity index (χ4v) is 7.93. The summed E-state index contributed by atoms with van der Waals surface area (Å²) in [6.07, 6.45) is -1.02. The molecule has 2 saturated heterocycles. The molecule has 0 amide bonds. The molecule has 0 radical (unpaired) electrons. The summed E-state index contributed by atoms with van der Waals surface area (Å²) < 4.78 is 0. The van der Waals surface area contributed by atoms with Crippen LogP contribution in [0.3, 0.4) is 0 Å². The number of nitriles is 1. The Kier molecular flexibility index (Phi) is 7.95. The van der Waals surface area contributed by atoms with Crippen LogP contribution in [-0.4, -0.2) is 52.3 Å². The van der Waals surface area contributed by atoms with Crippen LogP contribution >= 0.6 is 0 Å². The Morgan fingerprint density at radius 2 is 1.52 bits per heavy atom. The lowest BCUT2D eigenvalue weighted by Gasteiger charge is -2.63. The highest BCUT2D eigenvalue weighted by Gasteiger charge is 2.72. The van der Waals surface area contributed by atoms with Crippen LogP contribution in [0.5, 0.6) is 0 Å². The number of rotatable bonds is 8. The summed E-state index contributed by atoms with van der Waals surface area (Å²) in [4.78, 5) is 29.4. The van der Waals surface area contributed by atoms with E-state index >= 15 is 0 Å². The number of likely N-dealkylation sites (tertiary alicyclic amines) is 1. The van der Waals surface area contributed by atoms with Crippen LogP contribution in [-0.2, 0) is 9.59 Å². The minimum Gasteiger partial charge on any atom is -0.481 e. The van der Waals surface area contributed by atoms with E-state index in [4.69, 9.17) is 5.73 Å². The van der Waals surface area contributed by atoms with E-state index in [1.807, 2.05) is 50.2 Å². The number of benzene rings is 3. The molecule has 2 fully saturated rings. The fourth-order valence-electron chi connectivity index (χ4n) is 7.93. The second-order valence-electron chi connectivity index (χ2n) is 12.0. The summed E-state index contributed by atoms with van der Waals surface area (Å²) in [5.74, 6) is -4.12. The van der Waals surface area contributed by atoms with Gasteiger partial charge in [0.05, 0.1) is 29.3 Å². The van der Waals surface area contributed by atoms with E-state index in [-0.39, 0.29) is 6.04 Å². The van der Waals surface area contributed by atoms with Gasteiger partial charge in [-0.15, -0.1) is 0 Å². The molecule has 2 heterocycles. The zero-order valence-electron chi connectivity index (χ0n) is 24.1. The summed E-state index contributed by atoms with van der Waals surface area (Å²) in [5, 5.41) is 35.1. The van der Waals surface area contributed by atoms with Crippen LogP contribution in [0, 0.1) is 34.0 Å². The van der Waals surface area contributed by atoms with Crippen molar-refractivity contribution in [2.75, 3.05) is 13.1 Å². The lowest BCUT2D eigenvalue weighted by atomic mass is 9.45. The molecule has 0 aromatic heterocycles. The van der Waals surface area contributed by atoms with E-state index in [2.05, 4.69) is 40.6 Å². The second-order valence-corrected chi connectivity index (χ2v) is 12.0. The molecule has 5 rings (SSSR count). The number of nitrogens with one attached hydrogen (secondary N) is 1. The van der Waals surface area contributed by atoms with Gasteiger partial charge in [-0.05, 0) is 41.7 Å². The van der Waals surface area contributed by atoms with Gasteiger partial charge in [0.15, 0.2) is 0 Å². The predicted molar refractivity (Wildman–Crippen MR) is 159 cm³/mol. The summed E-state index contributed by atoms with van der Waals surface area (Å²) in [7, 11) is 0. The molecule has 3 aromatic rings. The molecule has 42 heavy (non-hydrogen) atoms. The minimum absolute atomic E-state index is 0.101. The van der Waals surface area contributed by atoms with Gasteiger partial charge in [-0.1, -0.05) is 86.6 Å². The molecular weight excluding hydrogens is 528 g/mol. The molecule has 5 atom stereocenters.